The van der Waals surface area contributed by atoms with Crippen molar-refractivity contribution in [3.05, 3.63) is 35.4 Å². The zero-order chi connectivity index (χ0) is 15.5. The highest BCUT2D eigenvalue weighted by Crippen LogP contribution is 2.36. The monoisotopic (exact) mass is 291 g/mol. The van der Waals surface area contributed by atoms with Gasteiger partial charge in [0.1, 0.15) is 5.41 Å². The molecule has 0 saturated carbocycles. The highest BCUT2D eigenvalue weighted by Gasteiger charge is 2.44. The highest BCUT2D eigenvalue weighted by atomic mass is 16.5. The van der Waals surface area contributed by atoms with Gasteiger partial charge in [-0.15, -0.1) is 0 Å². The second-order valence-electron chi connectivity index (χ2n) is 5.94. The average Bonchev–Trinajstić information content (AvgIpc) is 2.90. The number of nitrogens with two attached hydrogens (primary N) is 1. The van der Waals surface area contributed by atoms with Gasteiger partial charge in [0.05, 0.1) is 19.3 Å². The fourth-order valence-electron chi connectivity index (χ4n) is 3.31. The van der Waals surface area contributed by atoms with Gasteiger partial charge in [-0.2, -0.15) is 0 Å². The molecule has 1 aliphatic heterocycles. The largest absolute Gasteiger partial charge is 0.468 e. The number of hydrogen-bond acceptors (Lipinski definition) is 4. The van der Waals surface area contributed by atoms with Crippen LogP contribution in [0.15, 0.2) is 24.3 Å². The van der Waals surface area contributed by atoms with Gasteiger partial charge in [0, 0.05) is 6.54 Å². The molecule has 1 aliphatic rings. The molecule has 0 bridgehead atoms. The summed E-state index contributed by atoms with van der Waals surface area (Å²) in [6.07, 6.45) is 2.87. The molecule has 21 heavy (non-hydrogen) atoms. The Labute approximate surface area is 126 Å². The van der Waals surface area contributed by atoms with Crippen molar-refractivity contribution in [2.45, 2.75) is 50.7 Å². The molecule has 1 saturated heterocycles. The summed E-state index contributed by atoms with van der Waals surface area (Å²) < 4.78 is 11.0. The summed E-state index contributed by atoms with van der Waals surface area (Å²) in [5.74, 6) is -0.276. The van der Waals surface area contributed by atoms with Gasteiger partial charge in [-0.1, -0.05) is 24.3 Å². The molecule has 3 atom stereocenters. The van der Waals surface area contributed by atoms with Crippen LogP contribution in [0, 0.1) is 6.92 Å². The van der Waals surface area contributed by atoms with Crippen molar-refractivity contribution in [1.82, 2.24) is 0 Å². The van der Waals surface area contributed by atoms with Crippen molar-refractivity contribution in [2.24, 2.45) is 5.73 Å². The molecular weight excluding hydrogens is 266 g/mol. The molecule has 1 aromatic carbocycles. The molecule has 1 aromatic rings. The molecule has 116 valence electrons. The van der Waals surface area contributed by atoms with Crippen molar-refractivity contribution in [3.63, 3.8) is 0 Å². The Kier molecular flexibility index (Phi) is 5.01. The van der Waals surface area contributed by atoms with Crippen molar-refractivity contribution in [3.8, 4) is 0 Å². The van der Waals surface area contributed by atoms with E-state index in [9.17, 15) is 4.79 Å². The number of carbonyl (C=O) groups excluding carboxylic acids is 1. The molecule has 4 heteroatoms. The number of esters is 1. The Hall–Kier alpha value is -1.39. The summed E-state index contributed by atoms with van der Waals surface area (Å²) in [7, 11) is 1.42. The fraction of sp³-hybridized carbons (Fsp3) is 0.588. The number of carbonyl (C=O) groups is 1. The predicted molar refractivity (Wildman–Crippen MR) is 82.1 cm³/mol. The summed E-state index contributed by atoms with van der Waals surface area (Å²) in [4.78, 5) is 12.5. The number of hydrogen-bond donors (Lipinski definition) is 1. The van der Waals surface area contributed by atoms with Crippen molar-refractivity contribution >= 4 is 5.97 Å². The lowest BCUT2D eigenvalue weighted by Crippen LogP contribution is -2.46. The standard InChI is InChI=1S/C17H25NO3/c1-12-6-4-5-7-15(12)17(11-18,16(19)20-3)10-14-9-8-13(2)21-14/h4-7,13-14H,8-11,18H2,1-3H3. The van der Waals surface area contributed by atoms with Crippen LogP contribution in [-0.2, 0) is 19.7 Å². The molecule has 0 spiro atoms. The van der Waals surface area contributed by atoms with Gasteiger partial charge >= 0.3 is 5.97 Å². The first-order chi connectivity index (χ1) is 10.0. The number of benzene rings is 1. The normalized spacial score (nSPS) is 24.6. The van der Waals surface area contributed by atoms with E-state index in [1.165, 1.54) is 7.11 Å². The quantitative estimate of drug-likeness (QED) is 0.846. The lowest BCUT2D eigenvalue weighted by atomic mass is 9.74. The molecule has 1 fully saturated rings. The van der Waals surface area contributed by atoms with E-state index in [0.29, 0.717) is 6.42 Å². The third-order valence-corrected chi connectivity index (χ3v) is 4.48. The Morgan fingerprint density at radius 2 is 2.14 bits per heavy atom. The number of rotatable bonds is 5. The minimum atomic E-state index is -0.825. The molecule has 4 nitrogen and oxygen atoms in total. The maximum Gasteiger partial charge on any atom is 0.317 e. The van der Waals surface area contributed by atoms with E-state index in [0.717, 1.165) is 24.0 Å². The molecule has 2 N–H and O–H groups in total. The van der Waals surface area contributed by atoms with Crippen LogP contribution in [-0.4, -0.2) is 31.8 Å². The third kappa shape index (κ3) is 3.11. The van der Waals surface area contributed by atoms with E-state index >= 15 is 0 Å². The topological polar surface area (TPSA) is 61.5 Å². The zero-order valence-electron chi connectivity index (χ0n) is 13.1. The summed E-state index contributed by atoms with van der Waals surface area (Å²) in [6, 6.07) is 7.87. The SMILES string of the molecule is COC(=O)C(CN)(CC1CCC(C)O1)c1ccccc1C. The van der Waals surface area contributed by atoms with Crippen LogP contribution in [0.3, 0.4) is 0 Å². The molecule has 0 aromatic heterocycles. The van der Waals surface area contributed by atoms with Crippen LogP contribution in [0.5, 0.6) is 0 Å². The van der Waals surface area contributed by atoms with E-state index < -0.39 is 5.41 Å². The Morgan fingerprint density at radius 1 is 1.43 bits per heavy atom. The summed E-state index contributed by atoms with van der Waals surface area (Å²) >= 11 is 0. The van der Waals surface area contributed by atoms with Gasteiger partial charge in [-0.25, -0.2) is 0 Å². The van der Waals surface area contributed by atoms with E-state index in [1.807, 2.05) is 31.2 Å². The Balaban J connectivity index is 2.38. The van der Waals surface area contributed by atoms with E-state index in [-0.39, 0.29) is 24.7 Å². The summed E-state index contributed by atoms with van der Waals surface area (Å²) in [5, 5.41) is 0. The van der Waals surface area contributed by atoms with Crippen LogP contribution in [0.4, 0.5) is 0 Å². The van der Waals surface area contributed by atoms with Gasteiger partial charge < -0.3 is 15.2 Å². The smallest absolute Gasteiger partial charge is 0.317 e. The Bertz CT molecular complexity index is 503. The average molecular weight is 291 g/mol. The van der Waals surface area contributed by atoms with Crippen molar-refractivity contribution in [2.75, 3.05) is 13.7 Å². The number of methoxy groups -OCH3 is 1. The zero-order valence-corrected chi connectivity index (χ0v) is 13.1. The molecule has 1 heterocycles. The van der Waals surface area contributed by atoms with Crippen molar-refractivity contribution in [1.29, 1.82) is 0 Å². The van der Waals surface area contributed by atoms with Gasteiger partial charge in [-0.3, -0.25) is 4.79 Å². The van der Waals surface area contributed by atoms with Crippen LogP contribution < -0.4 is 5.73 Å². The molecular formula is C17H25NO3. The first-order valence-electron chi connectivity index (χ1n) is 7.53. The molecule has 0 radical (unpaired) electrons. The minimum absolute atomic E-state index is 0.0576. The maximum absolute atomic E-state index is 12.5. The van der Waals surface area contributed by atoms with E-state index in [2.05, 4.69) is 6.92 Å². The van der Waals surface area contributed by atoms with Crippen molar-refractivity contribution < 1.29 is 14.3 Å². The highest BCUT2D eigenvalue weighted by molar-refractivity contribution is 5.84. The van der Waals surface area contributed by atoms with Gasteiger partial charge in [0.15, 0.2) is 0 Å². The second kappa shape index (κ2) is 6.58. The summed E-state index contributed by atoms with van der Waals surface area (Å²) in [5.41, 5.74) is 7.22. The molecule has 2 rings (SSSR count). The Morgan fingerprint density at radius 3 is 2.67 bits per heavy atom. The molecule has 3 unspecified atom stereocenters. The summed E-state index contributed by atoms with van der Waals surface area (Å²) in [6.45, 7) is 4.29. The predicted octanol–water partition coefficient (Wildman–Crippen LogP) is 2.32. The first-order valence-corrected chi connectivity index (χ1v) is 7.53. The maximum atomic E-state index is 12.5. The molecule has 0 aliphatic carbocycles. The lowest BCUT2D eigenvalue weighted by Gasteiger charge is -2.33. The van der Waals surface area contributed by atoms with Crippen LogP contribution >= 0.6 is 0 Å². The third-order valence-electron chi connectivity index (χ3n) is 4.48. The van der Waals surface area contributed by atoms with E-state index in [4.69, 9.17) is 15.2 Å². The van der Waals surface area contributed by atoms with E-state index in [1.54, 1.807) is 0 Å². The van der Waals surface area contributed by atoms with Gasteiger partial charge in [0.2, 0.25) is 0 Å². The van der Waals surface area contributed by atoms with Crippen LogP contribution in [0.25, 0.3) is 0 Å². The lowest BCUT2D eigenvalue weighted by molar-refractivity contribution is -0.149. The number of aryl methyl sites for hydroxylation is 1. The molecule has 0 amide bonds. The minimum Gasteiger partial charge on any atom is -0.468 e. The van der Waals surface area contributed by atoms with Gasteiger partial charge in [0.25, 0.3) is 0 Å². The van der Waals surface area contributed by atoms with Crippen LogP contribution in [0.1, 0.15) is 37.3 Å². The fourth-order valence-corrected chi connectivity index (χ4v) is 3.31. The van der Waals surface area contributed by atoms with Crippen LogP contribution in [0.2, 0.25) is 0 Å². The second-order valence-corrected chi connectivity index (χ2v) is 5.94. The number of ether oxygens (including phenoxy) is 2. The first kappa shape index (κ1) is 16.0. The van der Waals surface area contributed by atoms with Gasteiger partial charge in [-0.05, 0) is 44.2 Å².